The molecule has 0 rings (SSSR count). The number of Topliss-reactive ketones (excluding diaryl/α,β-unsaturated/α-hetero) is 1. The molecule has 0 aromatic heterocycles. The van der Waals surface area contributed by atoms with Crippen LogP contribution in [0.25, 0.3) is 0 Å². The zero-order valence-electron chi connectivity index (χ0n) is 4.78. The van der Waals surface area contributed by atoms with Crippen molar-refractivity contribution in [2.45, 2.75) is 12.5 Å². The molecule has 0 spiro atoms. The van der Waals surface area contributed by atoms with Crippen molar-refractivity contribution in [2.24, 2.45) is 0 Å². The first-order valence-electron chi connectivity index (χ1n) is 2.49. The SMILES string of the molecule is O=C[C@H](O)C(=O)CCO. The lowest BCUT2D eigenvalue weighted by Gasteiger charge is -1.96. The van der Waals surface area contributed by atoms with Gasteiger partial charge in [0.1, 0.15) is 0 Å². The van der Waals surface area contributed by atoms with Crippen molar-refractivity contribution in [3.8, 4) is 0 Å². The minimum Gasteiger partial charge on any atom is -0.396 e. The fraction of sp³-hybridized carbons (Fsp3) is 0.600. The number of ketones is 1. The number of carbonyl (C=O) groups is 2. The summed E-state index contributed by atoms with van der Waals surface area (Å²) in [5.74, 6) is -0.646. The minimum atomic E-state index is -1.56. The highest BCUT2D eigenvalue weighted by atomic mass is 16.3. The molecule has 0 aromatic carbocycles. The summed E-state index contributed by atoms with van der Waals surface area (Å²) in [6, 6.07) is 0. The normalized spacial score (nSPS) is 12.7. The van der Waals surface area contributed by atoms with Gasteiger partial charge in [-0.15, -0.1) is 0 Å². The Morgan fingerprint density at radius 1 is 1.67 bits per heavy atom. The summed E-state index contributed by atoms with van der Waals surface area (Å²) in [5, 5.41) is 16.6. The quantitative estimate of drug-likeness (QED) is 0.360. The van der Waals surface area contributed by atoms with Gasteiger partial charge in [-0.1, -0.05) is 0 Å². The average Bonchev–Trinajstić information content (AvgIpc) is 1.87. The number of hydrogen-bond donors (Lipinski definition) is 2. The molecule has 0 fully saturated rings. The zero-order valence-corrected chi connectivity index (χ0v) is 4.78. The van der Waals surface area contributed by atoms with E-state index < -0.39 is 11.9 Å². The van der Waals surface area contributed by atoms with Crippen molar-refractivity contribution in [3.63, 3.8) is 0 Å². The topological polar surface area (TPSA) is 74.6 Å². The summed E-state index contributed by atoms with van der Waals surface area (Å²) in [4.78, 5) is 20.0. The van der Waals surface area contributed by atoms with E-state index in [1.54, 1.807) is 0 Å². The summed E-state index contributed by atoms with van der Waals surface area (Å²) in [5.41, 5.74) is 0. The highest BCUT2D eigenvalue weighted by Gasteiger charge is 2.11. The molecule has 1 atom stereocenters. The van der Waals surface area contributed by atoms with Crippen molar-refractivity contribution in [1.82, 2.24) is 0 Å². The second-order valence-electron chi connectivity index (χ2n) is 1.52. The first kappa shape index (κ1) is 8.26. The Morgan fingerprint density at radius 2 is 2.22 bits per heavy atom. The van der Waals surface area contributed by atoms with Crippen molar-refractivity contribution in [3.05, 3.63) is 0 Å². The molecule has 0 saturated heterocycles. The molecular weight excluding hydrogens is 124 g/mol. The summed E-state index contributed by atoms with van der Waals surface area (Å²) in [7, 11) is 0. The van der Waals surface area contributed by atoms with Crippen LogP contribution in [-0.2, 0) is 9.59 Å². The van der Waals surface area contributed by atoms with E-state index in [1.165, 1.54) is 0 Å². The summed E-state index contributed by atoms with van der Waals surface area (Å²) >= 11 is 0. The monoisotopic (exact) mass is 132 g/mol. The van der Waals surface area contributed by atoms with Gasteiger partial charge >= 0.3 is 0 Å². The molecular formula is C5H8O4. The van der Waals surface area contributed by atoms with E-state index >= 15 is 0 Å². The van der Waals surface area contributed by atoms with Crippen molar-refractivity contribution in [2.75, 3.05) is 6.61 Å². The number of rotatable bonds is 4. The molecule has 0 unspecified atom stereocenters. The maximum Gasteiger partial charge on any atom is 0.170 e. The van der Waals surface area contributed by atoms with Crippen LogP contribution < -0.4 is 0 Å². The number of aliphatic hydroxyl groups is 2. The van der Waals surface area contributed by atoms with Crippen LogP contribution in [0.5, 0.6) is 0 Å². The van der Waals surface area contributed by atoms with E-state index in [2.05, 4.69) is 0 Å². The van der Waals surface area contributed by atoms with E-state index in [9.17, 15) is 9.59 Å². The van der Waals surface area contributed by atoms with Crippen LogP contribution in [0, 0.1) is 0 Å². The van der Waals surface area contributed by atoms with Gasteiger partial charge in [-0.2, -0.15) is 0 Å². The third-order valence-electron chi connectivity index (χ3n) is 0.817. The molecule has 0 aliphatic carbocycles. The van der Waals surface area contributed by atoms with Gasteiger partial charge in [0.2, 0.25) is 0 Å². The Morgan fingerprint density at radius 3 is 2.56 bits per heavy atom. The first-order chi connectivity index (χ1) is 4.22. The van der Waals surface area contributed by atoms with Crippen molar-refractivity contribution in [1.29, 1.82) is 0 Å². The lowest BCUT2D eigenvalue weighted by molar-refractivity contribution is -0.132. The molecule has 0 amide bonds. The molecule has 0 radical (unpaired) electrons. The molecule has 0 heterocycles. The summed E-state index contributed by atoms with van der Waals surface area (Å²) in [6.07, 6.45) is -1.59. The van der Waals surface area contributed by atoms with Gasteiger partial charge in [0.05, 0.1) is 6.61 Å². The van der Waals surface area contributed by atoms with Gasteiger partial charge in [0.25, 0.3) is 0 Å². The fourth-order valence-corrected chi connectivity index (χ4v) is 0.334. The van der Waals surface area contributed by atoms with Crippen LogP contribution >= 0.6 is 0 Å². The maximum absolute atomic E-state index is 10.3. The third-order valence-corrected chi connectivity index (χ3v) is 0.817. The molecule has 0 saturated carbocycles. The number of hydrogen-bond acceptors (Lipinski definition) is 4. The van der Waals surface area contributed by atoms with Crippen LogP contribution in [-0.4, -0.2) is 35.0 Å². The Labute approximate surface area is 52.1 Å². The minimum absolute atomic E-state index is 0.137. The number of aliphatic hydroxyl groups excluding tert-OH is 2. The lowest BCUT2D eigenvalue weighted by Crippen LogP contribution is -2.22. The zero-order chi connectivity index (χ0) is 7.28. The van der Waals surface area contributed by atoms with E-state index in [1.807, 2.05) is 0 Å². The maximum atomic E-state index is 10.3. The Kier molecular flexibility index (Phi) is 3.83. The molecule has 0 aliphatic heterocycles. The van der Waals surface area contributed by atoms with Gasteiger partial charge in [-0.3, -0.25) is 9.59 Å². The van der Waals surface area contributed by atoms with Gasteiger partial charge in [0, 0.05) is 6.42 Å². The smallest absolute Gasteiger partial charge is 0.170 e. The Bertz CT molecular complexity index is 110. The molecule has 0 aliphatic rings. The molecule has 4 heteroatoms. The van der Waals surface area contributed by atoms with Crippen LogP contribution in [0.1, 0.15) is 6.42 Å². The van der Waals surface area contributed by atoms with Crippen molar-refractivity contribution >= 4 is 12.1 Å². The highest BCUT2D eigenvalue weighted by Crippen LogP contribution is 1.85. The molecule has 9 heavy (non-hydrogen) atoms. The standard InChI is InChI=1S/C5H8O4/c6-2-1-4(8)5(9)3-7/h3,5-6,9H,1-2H2/t5-/m0/s1. The van der Waals surface area contributed by atoms with Gasteiger partial charge in [-0.25, -0.2) is 0 Å². The molecule has 52 valence electrons. The van der Waals surface area contributed by atoms with Gasteiger partial charge < -0.3 is 10.2 Å². The molecule has 0 bridgehead atoms. The lowest BCUT2D eigenvalue weighted by atomic mass is 10.2. The fourth-order valence-electron chi connectivity index (χ4n) is 0.334. The van der Waals surface area contributed by atoms with E-state index in [0.29, 0.717) is 0 Å². The first-order valence-corrected chi connectivity index (χ1v) is 2.49. The van der Waals surface area contributed by atoms with Crippen LogP contribution in [0.3, 0.4) is 0 Å². The van der Waals surface area contributed by atoms with Gasteiger partial charge in [-0.05, 0) is 0 Å². The largest absolute Gasteiger partial charge is 0.396 e. The van der Waals surface area contributed by atoms with E-state index in [0.717, 1.165) is 0 Å². The van der Waals surface area contributed by atoms with Crippen LogP contribution in [0.4, 0.5) is 0 Å². The summed E-state index contributed by atoms with van der Waals surface area (Å²) in [6.45, 7) is -0.330. The summed E-state index contributed by atoms with van der Waals surface area (Å²) < 4.78 is 0. The average molecular weight is 132 g/mol. The predicted octanol–water partition coefficient (Wildman–Crippen LogP) is -1.50. The Balaban J connectivity index is 3.58. The predicted molar refractivity (Wildman–Crippen MR) is 28.8 cm³/mol. The Hall–Kier alpha value is -0.740. The molecule has 4 nitrogen and oxygen atoms in total. The van der Waals surface area contributed by atoms with Crippen LogP contribution in [0.15, 0.2) is 0 Å². The van der Waals surface area contributed by atoms with E-state index in [-0.39, 0.29) is 19.3 Å². The van der Waals surface area contributed by atoms with Crippen LogP contribution in [0.2, 0.25) is 0 Å². The molecule has 0 aromatic rings. The molecule has 2 N–H and O–H groups in total. The highest BCUT2D eigenvalue weighted by molar-refractivity contribution is 5.95. The van der Waals surface area contributed by atoms with Crippen molar-refractivity contribution < 1.29 is 19.8 Å². The second-order valence-corrected chi connectivity index (χ2v) is 1.52. The number of carbonyl (C=O) groups excluding carboxylic acids is 2. The van der Waals surface area contributed by atoms with E-state index in [4.69, 9.17) is 10.2 Å². The number of aldehydes is 1. The van der Waals surface area contributed by atoms with Gasteiger partial charge in [0.15, 0.2) is 18.2 Å². The third kappa shape index (κ3) is 2.94. The second kappa shape index (κ2) is 4.17.